The zero-order chi connectivity index (χ0) is 68.5. The Morgan fingerprint density at radius 1 is 0.750 bits per heavy atom. The lowest BCUT2D eigenvalue weighted by molar-refractivity contribution is -0.140. The number of carboxylic acid groups (broad SMARTS) is 2. The van der Waals surface area contributed by atoms with Crippen LogP contribution in [0.4, 0.5) is 10.5 Å². The minimum atomic E-state index is -1.20. The maximum absolute atomic E-state index is 14.4. The van der Waals surface area contributed by atoms with Crippen molar-refractivity contribution >= 4 is 70.9 Å². The molecule has 0 saturated carbocycles. The fourth-order valence-corrected chi connectivity index (χ4v) is 10.7. The van der Waals surface area contributed by atoms with Crippen LogP contribution in [0, 0.1) is 0 Å². The van der Waals surface area contributed by atoms with Crippen LogP contribution in [0.1, 0.15) is 83.3 Å². The van der Waals surface area contributed by atoms with Gasteiger partial charge in [0.2, 0.25) is 11.8 Å². The second kappa shape index (κ2) is 41.5. The molecule has 4 aromatic rings. The van der Waals surface area contributed by atoms with Crippen molar-refractivity contribution in [2.75, 3.05) is 145 Å². The second-order valence-electron chi connectivity index (χ2n) is 21.9. The van der Waals surface area contributed by atoms with Crippen molar-refractivity contribution in [2.24, 2.45) is 5.73 Å². The number of halogens is 2. The van der Waals surface area contributed by atoms with Crippen LogP contribution in [-0.4, -0.2) is 259 Å². The monoisotopic (exact) mass is 1330 g/mol. The average molecular weight is 1330 g/mol. The number of rotatable bonds is 23. The van der Waals surface area contributed by atoms with E-state index in [0.29, 0.717) is 120 Å². The zero-order valence-corrected chi connectivity index (χ0v) is 56.0. The number of aliphatic carboxylic acids is 2. The molecule has 5 amide bonds. The predicted molar refractivity (Wildman–Crippen MR) is 353 cm³/mol. The second-order valence-corrected chi connectivity index (χ2v) is 22.7. The molecule has 2 fully saturated rings. The molecule has 0 radical (unpaired) electrons. The van der Waals surface area contributed by atoms with Crippen LogP contribution >= 0.6 is 23.2 Å². The number of hydrogen-bond donors (Lipinski definition) is 10. The van der Waals surface area contributed by atoms with Gasteiger partial charge in [0, 0.05) is 124 Å². The molecule has 3 aliphatic heterocycles. The summed E-state index contributed by atoms with van der Waals surface area (Å²) in [6.45, 7) is 15.7. The number of carboxylic acids is 2. The van der Waals surface area contributed by atoms with Crippen molar-refractivity contribution in [3.8, 4) is 39.6 Å². The van der Waals surface area contributed by atoms with Gasteiger partial charge in [0.05, 0.1) is 82.1 Å². The highest BCUT2D eigenvalue weighted by molar-refractivity contribution is 6.34. The highest BCUT2D eigenvalue weighted by Crippen LogP contribution is 2.47. The van der Waals surface area contributed by atoms with Crippen molar-refractivity contribution in [2.45, 2.75) is 91.6 Å². The quantitative estimate of drug-likeness (QED) is 0.0369. The van der Waals surface area contributed by atoms with Crippen LogP contribution < -0.4 is 36.5 Å². The van der Waals surface area contributed by atoms with E-state index in [-0.39, 0.29) is 102 Å². The Morgan fingerprint density at radius 3 is 1.88 bits per heavy atom. The van der Waals surface area contributed by atoms with Gasteiger partial charge in [0.15, 0.2) is 5.69 Å². The molecule has 3 aliphatic rings. The molecule has 27 nitrogen and oxygen atoms in total. The molecule has 0 spiro atoms. The number of carbonyl (C=O) groups excluding carboxylic acids is 5. The predicted octanol–water partition coefficient (Wildman–Crippen LogP) is 4.13. The van der Waals surface area contributed by atoms with Gasteiger partial charge in [0.25, 0.3) is 5.91 Å². The van der Waals surface area contributed by atoms with Crippen molar-refractivity contribution in [1.29, 1.82) is 0 Å². The number of ether oxygens (including phenoxy) is 3. The molecule has 1 aromatic heterocycles. The van der Waals surface area contributed by atoms with Crippen LogP contribution in [0.15, 0.2) is 54.6 Å². The van der Waals surface area contributed by atoms with E-state index in [1.165, 1.54) is 20.6 Å². The van der Waals surface area contributed by atoms with E-state index in [1.807, 2.05) is 49.6 Å². The normalized spacial score (nSPS) is 15.8. The molecule has 92 heavy (non-hydrogen) atoms. The van der Waals surface area contributed by atoms with Gasteiger partial charge in [-0.15, -0.1) is 0 Å². The highest BCUT2D eigenvalue weighted by Gasteiger charge is 2.39. The van der Waals surface area contributed by atoms with E-state index >= 15 is 0 Å². The summed E-state index contributed by atoms with van der Waals surface area (Å²) in [5, 5.41) is 63.7. The Bertz CT molecular complexity index is 2970. The van der Waals surface area contributed by atoms with Crippen molar-refractivity contribution in [3.05, 3.63) is 75.9 Å². The number of hydrogen-bond acceptors (Lipinski definition) is 19. The van der Waals surface area contributed by atoms with Gasteiger partial charge in [-0.1, -0.05) is 69.5 Å². The Kier molecular flexibility index (Phi) is 35.8. The molecule has 2 atom stereocenters. The maximum Gasteiger partial charge on any atom is 0.319 e. The third-order valence-electron chi connectivity index (χ3n) is 14.4. The summed E-state index contributed by atoms with van der Waals surface area (Å²) < 4.78 is 19.5. The number of benzene rings is 3. The SMILES string of the molecule is CC.CCC.CN.CO.COc1cc2c(cc1-c1cccc(NC(=O)NCCNC(=O)CC(O)CC(O)CCNC(=O)CN3CCN(CC=O)CCN(CC(=O)O)CCN(CC(=O)O)CC3)c1)-c1c(c(C(=O)N3CCOCC3(C)C)nn1-c1cc(Cl)cc(Cl)c1)CO2. The molecule has 2 saturated heterocycles. The molecule has 7 rings (SSSR count). The van der Waals surface area contributed by atoms with Crippen LogP contribution in [0.3, 0.4) is 0 Å². The van der Waals surface area contributed by atoms with Gasteiger partial charge >= 0.3 is 18.0 Å². The van der Waals surface area contributed by atoms with Crippen LogP contribution in [-0.2, 0) is 35.3 Å². The van der Waals surface area contributed by atoms with E-state index in [1.54, 1.807) is 61.8 Å². The molecule has 29 heteroatoms. The Balaban J connectivity index is 0.00000234. The van der Waals surface area contributed by atoms with E-state index in [9.17, 15) is 54.0 Å². The minimum absolute atomic E-state index is 0.0363. The standard InChI is InChI=1S/C56H73Cl2N11O14.C3H8.C2H6.CH5N.CH4O/c1-56(2)35-82-22-20-68(56)54(79)52-45-34-83-47-30-46(81-3)43(29-44(47)53(45)69(63-52)40-25-37(57)24-38(58)26-40)36-5-4-6-39(23-36)62-55(80)61-10-9-60-48(73)28-42(72)27-41(71)7-8-59-49(74)31-65-13-11-64(19-21-70)12-14-66(32-50(75)76)17-18-67(16-15-65)33-51(77)78;1-3-2;3*1-2/h4-6,21,23-26,29-30,41-42,71-72H,7-20,22,27-28,31-35H2,1-3H3,(H,59,74)(H,60,73)(H,75,76)(H,77,78)(H2,61,62,80);3H2,1-2H3;1-2H3;2H2,1H3;2H,1H3. The summed E-state index contributed by atoms with van der Waals surface area (Å²) in [5.41, 5.74) is 8.18. The summed E-state index contributed by atoms with van der Waals surface area (Å²) in [6.07, 6.45) is -0.623. The Morgan fingerprint density at radius 2 is 1.32 bits per heavy atom. The van der Waals surface area contributed by atoms with Crippen LogP contribution in [0.2, 0.25) is 10.0 Å². The van der Waals surface area contributed by atoms with Gasteiger partial charge < -0.3 is 76.4 Å². The van der Waals surface area contributed by atoms with E-state index in [2.05, 4.69) is 40.8 Å². The first-order valence-corrected chi connectivity index (χ1v) is 31.5. The lowest BCUT2D eigenvalue weighted by Gasteiger charge is -2.41. The Hall–Kier alpha value is -7.02. The summed E-state index contributed by atoms with van der Waals surface area (Å²) in [4.78, 5) is 96.6. The molecule has 2 unspecified atom stereocenters. The minimum Gasteiger partial charge on any atom is -0.496 e. The number of amides is 5. The van der Waals surface area contributed by atoms with Gasteiger partial charge in [-0.2, -0.15) is 5.10 Å². The first-order valence-electron chi connectivity index (χ1n) is 30.8. The zero-order valence-electron chi connectivity index (χ0n) is 54.5. The molecule has 0 aliphatic carbocycles. The van der Waals surface area contributed by atoms with Crippen LogP contribution in [0.25, 0.3) is 28.1 Å². The molecule has 11 N–H and O–H groups in total. The first kappa shape index (κ1) is 79.2. The third kappa shape index (κ3) is 25.5. The largest absolute Gasteiger partial charge is 0.496 e. The molecular formula is C63H96Cl2N12O15. The summed E-state index contributed by atoms with van der Waals surface area (Å²) >= 11 is 13.0. The number of anilines is 1. The van der Waals surface area contributed by atoms with Crippen LogP contribution in [0.5, 0.6) is 11.5 Å². The molecule has 4 heterocycles. The summed E-state index contributed by atoms with van der Waals surface area (Å²) in [5.74, 6) is -2.24. The number of nitrogens with one attached hydrogen (secondary N) is 4. The summed E-state index contributed by atoms with van der Waals surface area (Å²) in [7, 11) is 4.03. The number of aliphatic hydroxyl groups is 3. The smallest absolute Gasteiger partial charge is 0.319 e. The number of carbonyl (C=O) groups is 7. The van der Waals surface area contributed by atoms with E-state index in [4.69, 9.17) is 47.6 Å². The molecular weight excluding hydrogens is 1240 g/mol. The van der Waals surface area contributed by atoms with Crippen molar-refractivity contribution in [3.63, 3.8) is 0 Å². The number of aldehydes is 1. The number of nitrogens with two attached hydrogens (primary N) is 1. The number of methoxy groups -OCH3 is 1. The van der Waals surface area contributed by atoms with Gasteiger partial charge in [-0.05, 0) is 75.7 Å². The lowest BCUT2D eigenvalue weighted by Crippen LogP contribution is -2.55. The number of aliphatic hydroxyl groups excluding tert-OH is 3. The fraction of sp³-hybridized carbons (Fsp3) is 0.556. The van der Waals surface area contributed by atoms with E-state index < -0.39 is 41.6 Å². The molecule has 0 bridgehead atoms. The lowest BCUT2D eigenvalue weighted by atomic mass is 9.95. The van der Waals surface area contributed by atoms with E-state index in [0.717, 1.165) is 13.4 Å². The number of nitrogens with zero attached hydrogens (tertiary/aromatic N) is 7. The number of aromatic nitrogens is 2. The van der Waals surface area contributed by atoms with Crippen molar-refractivity contribution < 1.29 is 73.3 Å². The maximum atomic E-state index is 14.4. The molecule has 3 aromatic carbocycles. The highest BCUT2D eigenvalue weighted by atomic mass is 35.5. The van der Waals surface area contributed by atoms with Gasteiger partial charge in [-0.3, -0.25) is 43.6 Å². The fourth-order valence-electron chi connectivity index (χ4n) is 10.1. The topological polar surface area (TPSA) is 356 Å². The summed E-state index contributed by atoms with van der Waals surface area (Å²) in [6, 6.07) is 15.2. The average Bonchev–Trinajstić information content (AvgIpc) is 1.54. The number of morpholine rings is 1. The van der Waals surface area contributed by atoms with Gasteiger partial charge in [-0.25, -0.2) is 9.48 Å². The van der Waals surface area contributed by atoms with Gasteiger partial charge in [0.1, 0.15) is 24.4 Å². The third-order valence-corrected chi connectivity index (χ3v) is 14.8. The number of urea groups is 1. The molecule has 512 valence electrons. The number of fused-ring (bicyclic) bond motifs is 3. The van der Waals surface area contributed by atoms with Crippen molar-refractivity contribution in [1.82, 2.24) is 50.2 Å². The Labute approximate surface area is 549 Å². The first-order chi connectivity index (χ1) is 44.1.